The molecule has 1 N–H and O–H groups in total. The molecule has 2 rings (SSSR count). The fraction of sp³-hybridized carbons (Fsp3) is 0.222. The SMILES string of the molecule is CCOC(=O)/C=C/c1cncc(Oc2cc(C(=O)NC)ccn2)c1C. The van der Waals surface area contributed by atoms with Gasteiger partial charge < -0.3 is 14.8 Å². The largest absolute Gasteiger partial charge is 0.463 e. The maximum atomic E-state index is 11.7. The molecule has 7 heteroatoms. The van der Waals surface area contributed by atoms with E-state index < -0.39 is 5.97 Å². The second-order valence-electron chi connectivity index (χ2n) is 5.00. The van der Waals surface area contributed by atoms with Gasteiger partial charge in [0, 0.05) is 42.7 Å². The van der Waals surface area contributed by atoms with Crippen molar-refractivity contribution >= 4 is 18.0 Å². The predicted octanol–water partition coefficient (Wildman–Crippen LogP) is 2.51. The highest BCUT2D eigenvalue weighted by Gasteiger charge is 2.09. The first-order valence-corrected chi connectivity index (χ1v) is 7.70. The van der Waals surface area contributed by atoms with Crippen LogP contribution in [0.5, 0.6) is 11.6 Å². The summed E-state index contributed by atoms with van der Waals surface area (Å²) in [5.74, 6) is 0.103. The molecule has 0 aliphatic rings. The Morgan fingerprint density at radius 2 is 2.12 bits per heavy atom. The molecule has 0 radical (unpaired) electrons. The molecule has 0 aromatic carbocycles. The monoisotopic (exact) mass is 341 g/mol. The Kier molecular flexibility index (Phi) is 6.22. The van der Waals surface area contributed by atoms with Crippen LogP contribution < -0.4 is 10.1 Å². The Labute approximate surface area is 145 Å². The van der Waals surface area contributed by atoms with Gasteiger partial charge in [0.2, 0.25) is 5.88 Å². The zero-order valence-corrected chi connectivity index (χ0v) is 14.3. The van der Waals surface area contributed by atoms with Crippen LogP contribution in [-0.2, 0) is 9.53 Å². The number of rotatable bonds is 6. The molecule has 2 aromatic rings. The van der Waals surface area contributed by atoms with Crippen LogP contribution in [0.4, 0.5) is 0 Å². The minimum Gasteiger partial charge on any atom is -0.463 e. The molecule has 0 atom stereocenters. The van der Waals surface area contributed by atoms with Crippen molar-refractivity contribution in [1.29, 1.82) is 0 Å². The van der Waals surface area contributed by atoms with Gasteiger partial charge in [0.15, 0.2) is 5.75 Å². The maximum Gasteiger partial charge on any atom is 0.330 e. The molecule has 0 aliphatic heterocycles. The van der Waals surface area contributed by atoms with Crippen LogP contribution in [0.1, 0.15) is 28.4 Å². The van der Waals surface area contributed by atoms with Gasteiger partial charge >= 0.3 is 5.97 Å². The lowest BCUT2D eigenvalue weighted by Gasteiger charge is -2.10. The molecule has 0 bridgehead atoms. The minimum absolute atomic E-state index is 0.229. The number of amides is 1. The zero-order valence-electron chi connectivity index (χ0n) is 14.3. The van der Waals surface area contributed by atoms with Gasteiger partial charge in [-0.2, -0.15) is 0 Å². The Hall–Kier alpha value is -3.22. The van der Waals surface area contributed by atoms with Gasteiger partial charge in [0.05, 0.1) is 12.8 Å². The summed E-state index contributed by atoms with van der Waals surface area (Å²) in [4.78, 5) is 31.3. The van der Waals surface area contributed by atoms with Crippen LogP contribution in [0.2, 0.25) is 0 Å². The number of ether oxygens (including phenoxy) is 2. The fourth-order valence-electron chi connectivity index (χ4n) is 2.00. The van der Waals surface area contributed by atoms with Crippen LogP contribution in [0.25, 0.3) is 6.08 Å². The average molecular weight is 341 g/mol. The van der Waals surface area contributed by atoms with Crippen molar-refractivity contribution in [1.82, 2.24) is 15.3 Å². The molecule has 25 heavy (non-hydrogen) atoms. The van der Waals surface area contributed by atoms with Crippen molar-refractivity contribution in [3.05, 3.63) is 53.5 Å². The van der Waals surface area contributed by atoms with E-state index in [0.717, 1.165) is 5.56 Å². The minimum atomic E-state index is -0.423. The van der Waals surface area contributed by atoms with Gasteiger partial charge in [-0.3, -0.25) is 9.78 Å². The Morgan fingerprint density at radius 3 is 2.84 bits per heavy atom. The summed E-state index contributed by atoms with van der Waals surface area (Å²) in [6, 6.07) is 3.13. The van der Waals surface area contributed by atoms with E-state index in [1.807, 2.05) is 6.92 Å². The second-order valence-corrected chi connectivity index (χ2v) is 5.00. The molecule has 0 saturated heterocycles. The first-order chi connectivity index (χ1) is 12.0. The van der Waals surface area contributed by atoms with E-state index in [-0.39, 0.29) is 11.8 Å². The van der Waals surface area contributed by atoms with E-state index >= 15 is 0 Å². The quantitative estimate of drug-likeness (QED) is 0.641. The Morgan fingerprint density at radius 1 is 1.32 bits per heavy atom. The number of hydrogen-bond acceptors (Lipinski definition) is 6. The highest BCUT2D eigenvalue weighted by molar-refractivity contribution is 5.94. The van der Waals surface area contributed by atoms with E-state index in [2.05, 4.69) is 15.3 Å². The number of carbonyl (C=O) groups is 2. The number of carbonyl (C=O) groups excluding carboxylic acids is 2. The van der Waals surface area contributed by atoms with Crippen molar-refractivity contribution in [2.45, 2.75) is 13.8 Å². The van der Waals surface area contributed by atoms with Crippen molar-refractivity contribution in [3.8, 4) is 11.6 Å². The fourth-order valence-corrected chi connectivity index (χ4v) is 2.00. The lowest BCUT2D eigenvalue weighted by atomic mass is 10.1. The highest BCUT2D eigenvalue weighted by atomic mass is 16.5. The summed E-state index contributed by atoms with van der Waals surface area (Å²) in [6.07, 6.45) is 7.61. The van der Waals surface area contributed by atoms with Crippen molar-refractivity contribution in [3.63, 3.8) is 0 Å². The molecule has 7 nitrogen and oxygen atoms in total. The number of hydrogen-bond donors (Lipinski definition) is 1. The zero-order chi connectivity index (χ0) is 18.2. The number of pyridine rings is 2. The third-order valence-corrected chi connectivity index (χ3v) is 3.33. The molecule has 0 aliphatic carbocycles. The Bertz CT molecular complexity index is 803. The van der Waals surface area contributed by atoms with E-state index in [1.165, 1.54) is 12.3 Å². The number of nitrogens with one attached hydrogen (secondary N) is 1. The molecule has 0 saturated carbocycles. The van der Waals surface area contributed by atoms with Gasteiger partial charge in [-0.05, 0) is 31.6 Å². The van der Waals surface area contributed by atoms with Gasteiger partial charge in [0.1, 0.15) is 0 Å². The summed E-state index contributed by atoms with van der Waals surface area (Å²) in [5, 5.41) is 2.54. The van der Waals surface area contributed by atoms with Gasteiger partial charge in [-0.25, -0.2) is 9.78 Å². The maximum absolute atomic E-state index is 11.7. The lowest BCUT2D eigenvalue weighted by molar-refractivity contribution is -0.137. The summed E-state index contributed by atoms with van der Waals surface area (Å²) in [7, 11) is 1.55. The van der Waals surface area contributed by atoms with Crippen molar-refractivity contribution < 1.29 is 19.1 Å². The van der Waals surface area contributed by atoms with Crippen LogP contribution in [0.15, 0.2) is 36.8 Å². The molecule has 2 heterocycles. The van der Waals surface area contributed by atoms with Gasteiger partial charge in [0.25, 0.3) is 5.91 Å². The van der Waals surface area contributed by atoms with Crippen LogP contribution in [-0.4, -0.2) is 35.5 Å². The van der Waals surface area contributed by atoms with E-state index in [4.69, 9.17) is 9.47 Å². The summed E-state index contributed by atoms with van der Waals surface area (Å²) >= 11 is 0. The molecular formula is C18H19N3O4. The molecule has 0 fully saturated rings. The standard InChI is InChI=1S/C18H19N3O4/c1-4-24-17(22)6-5-14-10-20-11-15(12(14)2)25-16-9-13(7-8-21-16)18(23)19-3/h5-11H,4H2,1-3H3,(H,19,23)/b6-5+. The van der Waals surface area contributed by atoms with Crippen LogP contribution >= 0.6 is 0 Å². The third kappa shape index (κ3) is 4.87. The van der Waals surface area contributed by atoms with E-state index in [1.54, 1.807) is 44.6 Å². The summed E-state index contributed by atoms with van der Waals surface area (Å²) < 4.78 is 10.6. The van der Waals surface area contributed by atoms with E-state index in [0.29, 0.717) is 23.5 Å². The second kappa shape index (κ2) is 8.58. The molecule has 0 unspecified atom stereocenters. The molecule has 1 amide bonds. The van der Waals surface area contributed by atoms with Crippen molar-refractivity contribution in [2.24, 2.45) is 0 Å². The normalized spacial score (nSPS) is 10.5. The molecule has 0 spiro atoms. The summed E-state index contributed by atoms with van der Waals surface area (Å²) in [6.45, 7) is 3.90. The molecule has 130 valence electrons. The van der Waals surface area contributed by atoms with Crippen LogP contribution in [0.3, 0.4) is 0 Å². The molecule has 2 aromatic heterocycles. The number of aromatic nitrogens is 2. The summed E-state index contributed by atoms with van der Waals surface area (Å²) in [5.41, 5.74) is 1.94. The van der Waals surface area contributed by atoms with Crippen molar-refractivity contribution in [2.75, 3.05) is 13.7 Å². The molecular weight excluding hydrogens is 322 g/mol. The Balaban J connectivity index is 2.22. The lowest BCUT2D eigenvalue weighted by Crippen LogP contribution is -2.17. The first-order valence-electron chi connectivity index (χ1n) is 7.70. The smallest absolute Gasteiger partial charge is 0.330 e. The van der Waals surface area contributed by atoms with Crippen LogP contribution in [0, 0.1) is 6.92 Å². The number of esters is 1. The van der Waals surface area contributed by atoms with Gasteiger partial charge in [-0.15, -0.1) is 0 Å². The topological polar surface area (TPSA) is 90.4 Å². The number of nitrogens with zero attached hydrogens (tertiary/aromatic N) is 2. The first kappa shape index (κ1) is 18.1. The highest BCUT2D eigenvalue weighted by Crippen LogP contribution is 2.26. The predicted molar refractivity (Wildman–Crippen MR) is 92.3 cm³/mol. The van der Waals surface area contributed by atoms with E-state index in [9.17, 15) is 9.59 Å². The third-order valence-electron chi connectivity index (χ3n) is 3.33. The van der Waals surface area contributed by atoms with Gasteiger partial charge in [-0.1, -0.05) is 0 Å². The average Bonchev–Trinajstić information content (AvgIpc) is 2.62.